The van der Waals surface area contributed by atoms with Crippen LogP contribution >= 0.6 is 0 Å². The summed E-state index contributed by atoms with van der Waals surface area (Å²) in [5.74, 6) is -0.227. The van der Waals surface area contributed by atoms with Crippen LogP contribution in [0.25, 0.3) is 11.0 Å². The van der Waals surface area contributed by atoms with Crippen LogP contribution in [0, 0.1) is 0 Å². The van der Waals surface area contributed by atoms with Crippen molar-refractivity contribution in [2.24, 2.45) is 0 Å². The maximum absolute atomic E-state index is 12.2. The Hall–Kier alpha value is -3.08. The van der Waals surface area contributed by atoms with Gasteiger partial charge in [0.1, 0.15) is 22.6 Å². The Balaban J connectivity index is 1.80. The van der Waals surface area contributed by atoms with Crippen molar-refractivity contribution in [3.05, 3.63) is 70.6 Å². The van der Waals surface area contributed by atoms with Gasteiger partial charge in [0.05, 0.1) is 12.0 Å². The van der Waals surface area contributed by atoms with Gasteiger partial charge in [-0.2, -0.15) is 0 Å². The second-order valence-electron chi connectivity index (χ2n) is 4.94. The summed E-state index contributed by atoms with van der Waals surface area (Å²) >= 11 is 0. The smallest absolute Gasteiger partial charge is 0.351 e. The minimum atomic E-state index is -0.842. The molecule has 0 bridgehead atoms. The Bertz CT molecular complexity index is 896. The van der Waals surface area contributed by atoms with Gasteiger partial charge in [-0.15, -0.1) is 0 Å². The number of fused-ring (bicyclic) bond motifs is 1. The lowest BCUT2D eigenvalue weighted by Gasteiger charge is -2.07. The van der Waals surface area contributed by atoms with Gasteiger partial charge in [-0.05, 0) is 24.3 Å². The molecule has 0 radical (unpaired) electrons. The number of ether oxygens (including phenoxy) is 1. The van der Waals surface area contributed by atoms with Crippen LogP contribution in [-0.4, -0.2) is 17.5 Å². The highest BCUT2D eigenvalue weighted by atomic mass is 16.5. The number of benzene rings is 2. The van der Waals surface area contributed by atoms with Crippen molar-refractivity contribution >= 4 is 16.8 Å². The molecule has 0 unspecified atom stereocenters. The number of Topliss-reactive ketones (excluding diaryl/α,β-unsaturated/α-hetero) is 1. The Morgan fingerprint density at radius 2 is 1.74 bits per heavy atom. The first-order chi connectivity index (χ1) is 11.2. The van der Waals surface area contributed by atoms with Gasteiger partial charge in [0, 0.05) is 6.42 Å². The minimum absolute atomic E-state index is 0.0362. The van der Waals surface area contributed by atoms with Crippen LogP contribution in [0.4, 0.5) is 0 Å². The molecule has 5 heteroatoms. The molecule has 23 heavy (non-hydrogen) atoms. The first kappa shape index (κ1) is 14.8. The first-order valence-corrected chi connectivity index (χ1v) is 7.12. The molecular formula is C18H14O5. The molecule has 0 amide bonds. The van der Waals surface area contributed by atoms with Crippen molar-refractivity contribution in [2.75, 3.05) is 6.61 Å². The van der Waals surface area contributed by atoms with Gasteiger partial charge < -0.3 is 14.3 Å². The average molecular weight is 310 g/mol. The van der Waals surface area contributed by atoms with E-state index in [1.165, 1.54) is 0 Å². The molecule has 0 aliphatic carbocycles. The maximum atomic E-state index is 12.2. The Morgan fingerprint density at radius 3 is 2.52 bits per heavy atom. The number of carbonyl (C=O) groups is 1. The van der Waals surface area contributed by atoms with Crippen LogP contribution < -0.4 is 10.4 Å². The zero-order valence-corrected chi connectivity index (χ0v) is 12.2. The van der Waals surface area contributed by atoms with Gasteiger partial charge in [0.15, 0.2) is 5.78 Å². The van der Waals surface area contributed by atoms with Crippen molar-refractivity contribution in [2.45, 2.75) is 6.42 Å². The molecule has 1 N–H and O–H groups in total. The van der Waals surface area contributed by atoms with Crippen molar-refractivity contribution in [3.63, 3.8) is 0 Å². The van der Waals surface area contributed by atoms with E-state index in [9.17, 15) is 14.7 Å². The number of aromatic hydroxyl groups is 1. The molecular weight excluding hydrogens is 296 g/mol. The molecule has 0 aliphatic rings. The second kappa shape index (κ2) is 6.36. The van der Waals surface area contributed by atoms with Crippen LogP contribution in [0.2, 0.25) is 0 Å². The number of hydrogen-bond donors (Lipinski definition) is 1. The number of para-hydroxylation sites is 2. The molecule has 0 saturated carbocycles. The maximum Gasteiger partial charge on any atom is 0.351 e. The molecule has 0 aliphatic heterocycles. The predicted octanol–water partition coefficient (Wildman–Crippen LogP) is 3.15. The normalized spacial score (nSPS) is 10.6. The highest BCUT2D eigenvalue weighted by Crippen LogP contribution is 2.26. The van der Waals surface area contributed by atoms with Crippen LogP contribution in [0.5, 0.6) is 11.5 Å². The topological polar surface area (TPSA) is 76.7 Å². The van der Waals surface area contributed by atoms with E-state index >= 15 is 0 Å². The number of hydrogen-bond acceptors (Lipinski definition) is 5. The van der Waals surface area contributed by atoms with Gasteiger partial charge in [-0.25, -0.2) is 4.79 Å². The van der Waals surface area contributed by atoms with E-state index in [1.807, 2.05) is 18.2 Å². The second-order valence-corrected chi connectivity index (χ2v) is 4.94. The van der Waals surface area contributed by atoms with E-state index in [1.54, 1.807) is 36.4 Å². The molecule has 0 fully saturated rings. The molecule has 0 spiro atoms. The lowest BCUT2D eigenvalue weighted by molar-refractivity contribution is 0.0956. The summed E-state index contributed by atoms with van der Waals surface area (Å²) in [6, 6.07) is 15.6. The number of rotatable bonds is 5. The minimum Gasteiger partial charge on any atom is -0.506 e. The lowest BCUT2D eigenvalue weighted by Crippen LogP contribution is -2.16. The molecule has 0 saturated heterocycles. The molecule has 1 heterocycles. The summed E-state index contributed by atoms with van der Waals surface area (Å²) in [5, 5.41) is 10.5. The highest BCUT2D eigenvalue weighted by molar-refractivity contribution is 6.02. The largest absolute Gasteiger partial charge is 0.506 e. The van der Waals surface area contributed by atoms with Crippen LogP contribution in [0.15, 0.2) is 63.8 Å². The third kappa shape index (κ3) is 3.08. The molecule has 0 atom stereocenters. The third-order valence-corrected chi connectivity index (χ3v) is 3.41. The molecule has 5 nitrogen and oxygen atoms in total. The van der Waals surface area contributed by atoms with E-state index in [-0.39, 0.29) is 29.9 Å². The van der Waals surface area contributed by atoms with Gasteiger partial charge in [0.2, 0.25) is 0 Å². The van der Waals surface area contributed by atoms with Crippen LogP contribution in [0.1, 0.15) is 16.8 Å². The molecule has 3 rings (SSSR count). The van der Waals surface area contributed by atoms with E-state index in [0.717, 1.165) is 0 Å². The van der Waals surface area contributed by atoms with Gasteiger partial charge >= 0.3 is 5.63 Å². The number of ketones is 1. The predicted molar refractivity (Wildman–Crippen MR) is 85.0 cm³/mol. The summed E-state index contributed by atoms with van der Waals surface area (Å²) in [7, 11) is 0. The van der Waals surface area contributed by atoms with Crippen LogP contribution in [-0.2, 0) is 0 Å². The van der Waals surface area contributed by atoms with E-state index in [2.05, 4.69) is 0 Å². The fourth-order valence-corrected chi connectivity index (χ4v) is 2.28. The van der Waals surface area contributed by atoms with Gasteiger partial charge in [-0.1, -0.05) is 30.3 Å². The summed E-state index contributed by atoms with van der Waals surface area (Å²) in [6.07, 6.45) is -0.0362. The fraction of sp³-hybridized carbons (Fsp3) is 0.111. The first-order valence-electron chi connectivity index (χ1n) is 7.12. The average Bonchev–Trinajstić information content (AvgIpc) is 2.56. The van der Waals surface area contributed by atoms with E-state index in [0.29, 0.717) is 11.1 Å². The standard InChI is InChI=1S/C18H14O5/c19-14(10-11-22-12-6-2-1-3-7-12)16-17(20)13-8-4-5-9-15(13)23-18(16)21/h1-9,20H,10-11H2. The van der Waals surface area contributed by atoms with E-state index in [4.69, 9.17) is 9.15 Å². The summed E-state index contributed by atoms with van der Waals surface area (Å²) < 4.78 is 10.5. The zero-order chi connectivity index (χ0) is 16.2. The van der Waals surface area contributed by atoms with E-state index < -0.39 is 11.4 Å². The van der Waals surface area contributed by atoms with Crippen molar-refractivity contribution in [1.29, 1.82) is 0 Å². The molecule has 116 valence electrons. The monoisotopic (exact) mass is 310 g/mol. The summed E-state index contributed by atoms with van der Waals surface area (Å²) in [5.41, 5.74) is -0.932. The fourth-order valence-electron chi connectivity index (χ4n) is 2.28. The van der Waals surface area contributed by atoms with Gasteiger partial charge in [0.25, 0.3) is 0 Å². The lowest BCUT2D eigenvalue weighted by atomic mass is 10.1. The molecule has 1 aromatic heterocycles. The quantitative estimate of drug-likeness (QED) is 0.578. The van der Waals surface area contributed by atoms with Gasteiger partial charge in [-0.3, -0.25) is 4.79 Å². The SMILES string of the molecule is O=C(CCOc1ccccc1)c1c(O)c2ccccc2oc1=O. The molecule has 2 aromatic carbocycles. The molecule has 3 aromatic rings. The van der Waals surface area contributed by atoms with Crippen molar-refractivity contribution in [1.82, 2.24) is 0 Å². The zero-order valence-electron chi connectivity index (χ0n) is 12.2. The Morgan fingerprint density at radius 1 is 1.04 bits per heavy atom. The highest BCUT2D eigenvalue weighted by Gasteiger charge is 2.20. The summed E-state index contributed by atoms with van der Waals surface area (Å²) in [4.78, 5) is 24.2. The van der Waals surface area contributed by atoms with Crippen molar-refractivity contribution < 1.29 is 19.1 Å². The van der Waals surface area contributed by atoms with Crippen molar-refractivity contribution in [3.8, 4) is 11.5 Å². The number of carbonyl (C=O) groups excluding carboxylic acids is 1. The van der Waals surface area contributed by atoms with Crippen LogP contribution in [0.3, 0.4) is 0 Å². The Labute approximate surface area is 131 Å². The summed E-state index contributed by atoms with van der Waals surface area (Å²) in [6.45, 7) is 0.106. The Kier molecular flexibility index (Phi) is 4.10. The third-order valence-electron chi connectivity index (χ3n) is 3.41.